The van der Waals surface area contributed by atoms with Crippen molar-refractivity contribution in [2.24, 2.45) is 0 Å². The molecule has 0 radical (unpaired) electrons. The van der Waals surface area contributed by atoms with Gasteiger partial charge in [0.05, 0.1) is 0 Å². The van der Waals surface area contributed by atoms with Gasteiger partial charge in [0.1, 0.15) is 0 Å². The molecule has 1 aromatic heterocycles. The molecule has 0 aromatic carbocycles. The SMILES string of the molecule is Cc1cc2c(c(C3CC3)n1)CNC2=O. The fourth-order valence-corrected chi connectivity index (χ4v) is 2.07. The maximum atomic E-state index is 11.5. The van der Waals surface area contributed by atoms with E-state index in [9.17, 15) is 4.79 Å². The lowest BCUT2D eigenvalue weighted by molar-refractivity contribution is 0.0965. The summed E-state index contributed by atoms with van der Waals surface area (Å²) in [6.07, 6.45) is 2.47. The van der Waals surface area contributed by atoms with E-state index in [0.29, 0.717) is 12.5 Å². The highest BCUT2D eigenvalue weighted by atomic mass is 16.1. The molecule has 3 heteroatoms. The Balaban J connectivity index is 2.20. The summed E-state index contributed by atoms with van der Waals surface area (Å²) in [5.74, 6) is 0.684. The Kier molecular flexibility index (Phi) is 1.46. The van der Waals surface area contributed by atoms with Gasteiger partial charge in [-0.15, -0.1) is 0 Å². The molecule has 0 spiro atoms. The van der Waals surface area contributed by atoms with Crippen molar-refractivity contribution in [1.82, 2.24) is 10.3 Å². The van der Waals surface area contributed by atoms with Crippen LogP contribution in [-0.4, -0.2) is 10.9 Å². The van der Waals surface area contributed by atoms with Crippen molar-refractivity contribution in [3.8, 4) is 0 Å². The van der Waals surface area contributed by atoms with Gasteiger partial charge in [0.25, 0.3) is 5.91 Å². The molecule has 1 fully saturated rings. The van der Waals surface area contributed by atoms with E-state index in [-0.39, 0.29) is 5.91 Å². The first-order valence-corrected chi connectivity index (χ1v) is 5.04. The van der Waals surface area contributed by atoms with Gasteiger partial charge in [-0.3, -0.25) is 9.78 Å². The zero-order chi connectivity index (χ0) is 9.71. The second-order valence-corrected chi connectivity index (χ2v) is 4.13. The van der Waals surface area contributed by atoms with E-state index in [1.165, 1.54) is 18.5 Å². The molecule has 0 bridgehead atoms. The molecule has 1 amide bonds. The number of amides is 1. The summed E-state index contributed by atoms with van der Waals surface area (Å²) in [6, 6.07) is 1.89. The Labute approximate surface area is 82.5 Å². The molecule has 0 saturated heterocycles. The lowest BCUT2D eigenvalue weighted by Crippen LogP contribution is -2.12. The first-order chi connectivity index (χ1) is 6.75. The van der Waals surface area contributed by atoms with Gasteiger partial charge in [-0.2, -0.15) is 0 Å². The van der Waals surface area contributed by atoms with Gasteiger partial charge in [0.15, 0.2) is 0 Å². The van der Waals surface area contributed by atoms with Crippen molar-refractivity contribution in [2.75, 3.05) is 0 Å². The second-order valence-electron chi connectivity index (χ2n) is 4.13. The Bertz CT molecular complexity index is 422. The molecule has 1 aromatic rings. The highest BCUT2D eigenvalue weighted by Crippen LogP contribution is 2.42. The van der Waals surface area contributed by atoms with E-state index in [2.05, 4.69) is 10.3 Å². The molecule has 3 rings (SSSR count). The van der Waals surface area contributed by atoms with Crippen molar-refractivity contribution in [1.29, 1.82) is 0 Å². The quantitative estimate of drug-likeness (QED) is 0.725. The van der Waals surface area contributed by atoms with Crippen molar-refractivity contribution in [3.63, 3.8) is 0 Å². The van der Waals surface area contributed by atoms with Crippen molar-refractivity contribution >= 4 is 5.91 Å². The molecule has 72 valence electrons. The highest BCUT2D eigenvalue weighted by molar-refractivity contribution is 5.98. The average molecular weight is 188 g/mol. The summed E-state index contributed by atoms with van der Waals surface area (Å²) < 4.78 is 0. The number of nitrogens with zero attached hydrogens (tertiary/aromatic N) is 1. The fourth-order valence-electron chi connectivity index (χ4n) is 2.07. The summed E-state index contributed by atoms with van der Waals surface area (Å²) in [7, 11) is 0. The van der Waals surface area contributed by atoms with Gasteiger partial charge in [-0.05, 0) is 25.8 Å². The number of hydrogen-bond donors (Lipinski definition) is 1. The summed E-state index contributed by atoms with van der Waals surface area (Å²) in [6.45, 7) is 2.63. The van der Waals surface area contributed by atoms with E-state index in [4.69, 9.17) is 0 Å². The van der Waals surface area contributed by atoms with E-state index >= 15 is 0 Å². The molecule has 1 saturated carbocycles. The number of hydrogen-bond acceptors (Lipinski definition) is 2. The van der Waals surface area contributed by atoms with Crippen LogP contribution in [0.4, 0.5) is 0 Å². The first-order valence-electron chi connectivity index (χ1n) is 5.04. The van der Waals surface area contributed by atoms with Crippen LogP contribution in [0, 0.1) is 6.92 Å². The lowest BCUT2D eigenvalue weighted by atomic mass is 10.0. The molecule has 14 heavy (non-hydrogen) atoms. The zero-order valence-electron chi connectivity index (χ0n) is 8.13. The van der Waals surface area contributed by atoms with Crippen LogP contribution in [-0.2, 0) is 6.54 Å². The Morgan fingerprint density at radius 2 is 2.29 bits per heavy atom. The first kappa shape index (κ1) is 7.97. The molecule has 0 unspecified atom stereocenters. The molecule has 3 nitrogen and oxygen atoms in total. The Morgan fingerprint density at radius 3 is 3.00 bits per heavy atom. The maximum absolute atomic E-state index is 11.5. The van der Waals surface area contributed by atoms with Crippen LogP contribution in [0.25, 0.3) is 0 Å². The minimum Gasteiger partial charge on any atom is -0.348 e. The minimum atomic E-state index is 0.0624. The summed E-state index contributed by atoms with van der Waals surface area (Å²) in [5.41, 5.74) is 4.11. The third kappa shape index (κ3) is 1.05. The largest absolute Gasteiger partial charge is 0.348 e. The number of rotatable bonds is 1. The number of nitrogens with one attached hydrogen (secondary N) is 1. The number of carbonyl (C=O) groups excluding carboxylic acids is 1. The molecule has 2 heterocycles. The summed E-state index contributed by atoms with van der Waals surface area (Å²) in [4.78, 5) is 16.0. The van der Waals surface area contributed by atoms with E-state index in [1.807, 2.05) is 13.0 Å². The van der Waals surface area contributed by atoms with Gasteiger partial charge < -0.3 is 5.32 Å². The minimum absolute atomic E-state index is 0.0624. The van der Waals surface area contributed by atoms with Gasteiger partial charge in [0.2, 0.25) is 0 Å². The van der Waals surface area contributed by atoms with Crippen LogP contribution in [0.1, 0.15) is 46.1 Å². The number of pyridine rings is 1. The van der Waals surface area contributed by atoms with Crippen molar-refractivity contribution in [3.05, 3.63) is 28.6 Å². The molecular formula is C11H12N2O. The topological polar surface area (TPSA) is 42.0 Å². The van der Waals surface area contributed by atoms with Gasteiger partial charge >= 0.3 is 0 Å². The highest BCUT2D eigenvalue weighted by Gasteiger charge is 2.32. The van der Waals surface area contributed by atoms with Crippen LogP contribution < -0.4 is 5.32 Å². The van der Waals surface area contributed by atoms with Crippen LogP contribution in [0.3, 0.4) is 0 Å². The molecule has 1 aliphatic carbocycles. The predicted octanol–water partition coefficient (Wildman–Crippen LogP) is 1.51. The summed E-state index contributed by atoms with van der Waals surface area (Å²) >= 11 is 0. The Morgan fingerprint density at radius 1 is 1.50 bits per heavy atom. The number of fused-ring (bicyclic) bond motifs is 1. The fraction of sp³-hybridized carbons (Fsp3) is 0.455. The standard InChI is InChI=1S/C11H12N2O/c1-6-4-8-9(5-12-11(8)14)10(13-6)7-2-3-7/h4,7H,2-3,5H2,1H3,(H,12,14). The lowest BCUT2D eigenvalue weighted by Gasteiger charge is -2.05. The maximum Gasteiger partial charge on any atom is 0.252 e. The van der Waals surface area contributed by atoms with Gasteiger partial charge in [0, 0.05) is 35.0 Å². The average Bonchev–Trinajstić information content (AvgIpc) is 2.93. The van der Waals surface area contributed by atoms with E-state index < -0.39 is 0 Å². The van der Waals surface area contributed by atoms with Crippen LogP contribution in [0.15, 0.2) is 6.07 Å². The predicted molar refractivity (Wildman–Crippen MR) is 52.1 cm³/mol. The van der Waals surface area contributed by atoms with Crippen molar-refractivity contribution in [2.45, 2.75) is 32.2 Å². The molecule has 1 aliphatic heterocycles. The van der Waals surface area contributed by atoms with E-state index in [0.717, 1.165) is 16.8 Å². The van der Waals surface area contributed by atoms with Gasteiger partial charge in [-0.25, -0.2) is 0 Å². The van der Waals surface area contributed by atoms with Crippen molar-refractivity contribution < 1.29 is 4.79 Å². The summed E-state index contributed by atoms with van der Waals surface area (Å²) in [5, 5.41) is 2.86. The molecule has 0 atom stereocenters. The van der Waals surface area contributed by atoms with E-state index in [1.54, 1.807) is 0 Å². The van der Waals surface area contributed by atoms with Crippen LogP contribution >= 0.6 is 0 Å². The van der Waals surface area contributed by atoms with Crippen LogP contribution in [0.5, 0.6) is 0 Å². The molecular weight excluding hydrogens is 176 g/mol. The third-order valence-electron chi connectivity index (χ3n) is 2.92. The monoisotopic (exact) mass is 188 g/mol. The number of carbonyl (C=O) groups is 1. The third-order valence-corrected chi connectivity index (χ3v) is 2.92. The zero-order valence-corrected chi connectivity index (χ0v) is 8.13. The normalized spacial score (nSPS) is 19.4. The molecule has 2 aliphatic rings. The van der Waals surface area contributed by atoms with Crippen LogP contribution in [0.2, 0.25) is 0 Å². The number of aryl methyl sites for hydroxylation is 1. The molecule has 1 N–H and O–H groups in total. The van der Waals surface area contributed by atoms with Gasteiger partial charge in [-0.1, -0.05) is 0 Å². The number of aromatic nitrogens is 1. The Hall–Kier alpha value is -1.38. The second kappa shape index (κ2) is 2.56. The smallest absolute Gasteiger partial charge is 0.252 e.